The maximum absolute atomic E-state index is 9.49. The number of fused-ring (bicyclic) bond motifs is 1. The van der Waals surface area contributed by atoms with Gasteiger partial charge in [0, 0.05) is 12.6 Å². The lowest BCUT2D eigenvalue weighted by molar-refractivity contribution is 0.143. The van der Waals surface area contributed by atoms with E-state index in [1.807, 2.05) is 6.08 Å². The molecular weight excluding hydrogens is 270 g/mol. The highest BCUT2D eigenvalue weighted by atomic mass is 16.3. The molecule has 2 aromatic carbocycles. The molecule has 0 radical (unpaired) electrons. The van der Waals surface area contributed by atoms with Gasteiger partial charge in [0.05, 0.1) is 0 Å². The molecule has 0 aliphatic heterocycles. The molecule has 2 nitrogen and oxygen atoms in total. The van der Waals surface area contributed by atoms with Gasteiger partial charge in [-0.25, -0.2) is 0 Å². The predicted octanol–water partition coefficient (Wildman–Crippen LogP) is 3.82. The Morgan fingerprint density at radius 3 is 2.68 bits per heavy atom. The quantitative estimate of drug-likeness (QED) is 0.840. The lowest BCUT2D eigenvalue weighted by Crippen LogP contribution is -2.18. The van der Waals surface area contributed by atoms with E-state index in [0.717, 1.165) is 6.54 Å². The average molecular weight is 293 g/mol. The number of allylic oxidation sites excluding steroid dienone is 1. The molecule has 0 aliphatic rings. The summed E-state index contributed by atoms with van der Waals surface area (Å²) in [5, 5.41) is 15.5. The Bertz CT molecular complexity index is 708. The second kappa shape index (κ2) is 7.26. The van der Waals surface area contributed by atoms with E-state index in [2.05, 4.69) is 66.5 Å². The van der Waals surface area contributed by atoms with Crippen molar-refractivity contribution in [2.45, 2.75) is 32.4 Å². The number of benzene rings is 2. The molecule has 1 atom stereocenters. The van der Waals surface area contributed by atoms with Gasteiger partial charge in [0.25, 0.3) is 0 Å². The van der Waals surface area contributed by atoms with Crippen LogP contribution >= 0.6 is 0 Å². The minimum atomic E-state index is -0.936. The summed E-state index contributed by atoms with van der Waals surface area (Å²) in [6.45, 7) is 6.26. The van der Waals surface area contributed by atoms with Crippen LogP contribution in [0.3, 0.4) is 0 Å². The zero-order chi connectivity index (χ0) is 16.0. The number of hydrogen-bond donors (Lipinski definition) is 2. The molecule has 0 amide bonds. The van der Waals surface area contributed by atoms with Crippen LogP contribution in [0, 0.1) is 11.8 Å². The van der Waals surface area contributed by atoms with Crippen LogP contribution in [-0.4, -0.2) is 17.3 Å². The molecule has 0 heterocycles. The fourth-order valence-corrected chi connectivity index (χ4v) is 2.32. The molecule has 22 heavy (non-hydrogen) atoms. The maximum atomic E-state index is 9.49. The summed E-state index contributed by atoms with van der Waals surface area (Å²) in [6.07, 6.45) is 3.75. The van der Waals surface area contributed by atoms with Gasteiger partial charge in [-0.05, 0) is 43.2 Å². The molecule has 0 spiro atoms. The van der Waals surface area contributed by atoms with Crippen molar-refractivity contribution in [3.8, 4) is 11.8 Å². The van der Waals surface area contributed by atoms with Crippen molar-refractivity contribution in [2.75, 3.05) is 6.54 Å². The molecule has 2 heteroatoms. The van der Waals surface area contributed by atoms with Gasteiger partial charge in [0.2, 0.25) is 0 Å². The lowest BCUT2D eigenvalue weighted by Gasteiger charge is -2.15. The van der Waals surface area contributed by atoms with Gasteiger partial charge in [-0.2, -0.15) is 0 Å². The van der Waals surface area contributed by atoms with Gasteiger partial charge in [-0.1, -0.05) is 60.4 Å². The summed E-state index contributed by atoms with van der Waals surface area (Å²) in [7, 11) is 0. The van der Waals surface area contributed by atoms with Crippen LogP contribution in [-0.2, 0) is 0 Å². The molecule has 0 bridgehead atoms. The van der Waals surface area contributed by atoms with Gasteiger partial charge in [0.1, 0.15) is 5.60 Å². The fourth-order valence-electron chi connectivity index (χ4n) is 2.32. The summed E-state index contributed by atoms with van der Waals surface area (Å²) in [6, 6.07) is 15.1. The highest BCUT2D eigenvalue weighted by Gasteiger charge is 2.07. The smallest absolute Gasteiger partial charge is 0.120 e. The van der Waals surface area contributed by atoms with Crippen LogP contribution in [0.15, 0.2) is 54.6 Å². The maximum Gasteiger partial charge on any atom is 0.120 e. The summed E-state index contributed by atoms with van der Waals surface area (Å²) >= 11 is 0. The van der Waals surface area contributed by atoms with Crippen molar-refractivity contribution in [2.24, 2.45) is 0 Å². The van der Waals surface area contributed by atoms with E-state index in [1.54, 1.807) is 19.9 Å². The van der Waals surface area contributed by atoms with E-state index < -0.39 is 5.60 Å². The molecule has 2 aromatic rings. The first kappa shape index (κ1) is 16.3. The number of rotatable bonds is 4. The minimum Gasteiger partial charge on any atom is -0.378 e. The van der Waals surface area contributed by atoms with Crippen LogP contribution in [0.2, 0.25) is 0 Å². The van der Waals surface area contributed by atoms with Crippen LogP contribution in [0.4, 0.5) is 0 Å². The van der Waals surface area contributed by atoms with Crippen molar-refractivity contribution < 1.29 is 5.11 Å². The monoisotopic (exact) mass is 293 g/mol. The molecule has 0 aromatic heterocycles. The highest BCUT2D eigenvalue weighted by molar-refractivity contribution is 5.86. The normalized spacial score (nSPS) is 13.1. The average Bonchev–Trinajstić information content (AvgIpc) is 2.49. The Hall–Kier alpha value is -2.08. The van der Waals surface area contributed by atoms with Crippen molar-refractivity contribution in [3.05, 3.63) is 60.2 Å². The molecule has 0 aliphatic carbocycles. The molecule has 1 unspecified atom stereocenters. The van der Waals surface area contributed by atoms with Gasteiger partial charge < -0.3 is 10.4 Å². The lowest BCUT2D eigenvalue weighted by atomic mass is 10.00. The summed E-state index contributed by atoms with van der Waals surface area (Å²) in [4.78, 5) is 0. The van der Waals surface area contributed by atoms with Crippen LogP contribution < -0.4 is 5.32 Å². The zero-order valence-electron chi connectivity index (χ0n) is 13.4. The standard InChI is InChI=1S/C20H23NO/c1-16(21-15-8-4-7-14-20(2,3)22)18-13-9-11-17-10-5-6-12-19(17)18/h4-6,8-13,16,21-22H,15H2,1-3H3/b8-4+. The first-order chi connectivity index (χ1) is 10.5. The Balaban J connectivity index is 1.98. The third-order valence-corrected chi connectivity index (χ3v) is 3.41. The topological polar surface area (TPSA) is 32.3 Å². The van der Waals surface area contributed by atoms with Crippen LogP contribution in [0.1, 0.15) is 32.4 Å². The third kappa shape index (κ3) is 4.73. The van der Waals surface area contributed by atoms with E-state index in [9.17, 15) is 5.11 Å². The van der Waals surface area contributed by atoms with Crippen molar-refractivity contribution in [3.63, 3.8) is 0 Å². The predicted molar refractivity (Wildman–Crippen MR) is 93.6 cm³/mol. The Kier molecular flexibility index (Phi) is 5.38. The first-order valence-corrected chi connectivity index (χ1v) is 7.58. The van der Waals surface area contributed by atoms with Crippen molar-refractivity contribution in [1.29, 1.82) is 0 Å². The SMILES string of the molecule is CC(NC/C=C/C#CC(C)(C)O)c1cccc2ccccc12. The van der Waals surface area contributed by atoms with Gasteiger partial charge in [-0.15, -0.1) is 0 Å². The van der Waals surface area contributed by atoms with Crippen LogP contribution in [0.5, 0.6) is 0 Å². The number of nitrogens with one attached hydrogen (secondary N) is 1. The van der Waals surface area contributed by atoms with Gasteiger partial charge in [-0.3, -0.25) is 0 Å². The fraction of sp³-hybridized carbons (Fsp3) is 0.300. The molecule has 114 valence electrons. The van der Waals surface area contributed by atoms with Gasteiger partial charge >= 0.3 is 0 Å². The van der Waals surface area contributed by atoms with Gasteiger partial charge in [0.15, 0.2) is 0 Å². The molecular formula is C20H23NO. The molecule has 2 N–H and O–H groups in total. The summed E-state index contributed by atoms with van der Waals surface area (Å²) in [5.41, 5.74) is 0.364. The zero-order valence-corrected chi connectivity index (χ0v) is 13.4. The Morgan fingerprint density at radius 2 is 1.91 bits per heavy atom. The molecule has 0 saturated carbocycles. The van der Waals surface area contributed by atoms with Crippen molar-refractivity contribution >= 4 is 10.8 Å². The Labute approximate surface area is 132 Å². The summed E-state index contributed by atoms with van der Waals surface area (Å²) < 4.78 is 0. The minimum absolute atomic E-state index is 0.262. The third-order valence-electron chi connectivity index (χ3n) is 3.41. The molecule has 0 saturated heterocycles. The highest BCUT2D eigenvalue weighted by Crippen LogP contribution is 2.23. The van der Waals surface area contributed by atoms with Crippen LogP contribution in [0.25, 0.3) is 10.8 Å². The largest absolute Gasteiger partial charge is 0.378 e. The number of aliphatic hydroxyl groups is 1. The van der Waals surface area contributed by atoms with E-state index in [1.165, 1.54) is 16.3 Å². The second-order valence-corrected chi connectivity index (χ2v) is 5.93. The number of hydrogen-bond acceptors (Lipinski definition) is 2. The van der Waals surface area contributed by atoms with E-state index in [-0.39, 0.29) is 6.04 Å². The summed E-state index contributed by atoms with van der Waals surface area (Å²) in [5.74, 6) is 5.60. The first-order valence-electron chi connectivity index (χ1n) is 7.58. The Morgan fingerprint density at radius 1 is 1.18 bits per heavy atom. The van der Waals surface area contributed by atoms with E-state index >= 15 is 0 Å². The molecule has 2 rings (SSSR count). The molecule has 0 fully saturated rings. The van der Waals surface area contributed by atoms with E-state index in [0.29, 0.717) is 0 Å². The second-order valence-electron chi connectivity index (χ2n) is 5.93. The van der Waals surface area contributed by atoms with E-state index in [4.69, 9.17) is 0 Å². The van der Waals surface area contributed by atoms with Crippen molar-refractivity contribution in [1.82, 2.24) is 5.32 Å².